The van der Waals surface area contributed by atoms with E-state index in [0.29, 0.717) is 18.4 Å². The van der Waals surface area contributed by atoms with Gasteiger partial charge < -0.3 is 4.74 Å². The molecule has 0 spiro atoms. The average Bonchev–Trinajstić information content (AvgIpc) is 2.54. The summed E-state index contributed by atoms with van der Waals surface area (Å²) in [6.45, 7) is 3.34. The zero-order valence-corrected chi connectivity index (χ0v) is 7.29. The Labute approximate surface area is 72.7 Å². The van der Waals surface area contributed by atoms with Crippen LogP contribution in [0.1, 0.15) is 19.3 Å². The lowest BCUT2D eigenvalue weighted by molar-refractivity contribution is -0.117. The smallest absolute Gasteiger partial charge is 0.148 e. The van der Waals surface area contributed by atoms with Crippen LogP contribution in [0.3, 0.4) is 0 Å². The van der Waals surface area contributed by atoms with Gasteiger partial charge in [-0.2, -0.15) is 0 Å². The van der Waals surface area contributed by atoms with Crippen LogP contribution in [-0.2, 0) is 9.53 Å². The van der Waals surface area contributed by atoms with Gasteiger partial charge in [-0.05, 0) is 12.8 Å². The van der Waals surface area contributed by atoms with Crippen molar-refractivity contribution in [2.75, 3.05) is 26.3 Å². The van der Waals surface area contributed by atoms with Crippen LogP contribution >= 0.6 is 0 Å². The Morgan fingerprint density at radius 3 is 3.00 bits per heavy atom. The molecule has 1 unspecified atom stereocenters. The Balaban J connectivity index is 1.86. The maximum absolute atomic E-state index is 11.0. The van der Waals surface area contributed by atoms with Gasteiger partial charge in [0.15, 0.2) is 0 Å². The summed E-state index contributed by atoms with van der Waals surface area (Å²) in [4.78, 5) is 13.3. The number of Topliss-reactive ketones (excluding diaryl/α,β-unsaturated/α-hetero) is 1. The van der Waals surface area contributed by atoms with Crippen LogP contribution < -0.4 is 0 Å². The lowest BCUT2D eigenvalue weighted by Gasteiger charge is -2.29. The Kier molecular flexibility index (Phi) is 2.42. The quantitative estimate of drug-likeness (QED) is 0.570. The number of likely N-dealkylation sites (tertiary alicyclic amines) is 1. The zero-order valence-electron chi connectivity index (χ0n) is 7.29. The van der Waals surface area contributed by atoms with Gasteiger partial charge >= 0.3 is 0 Å². The molecule has 0 N–H and O–H groups in total. The monoisotopic (exact) mass is 169 g/mol. The van der Waals surface area contributed by atoms with Crippen LogP contribution in [0.4, 0.5) is 0 Å². The van der Waals surface area contributed by atoms with Crippen molar-refractivity contribution >= 4 is 5.78 Å². The first-order valence-corrected chi connectivity index (χ1v) is 4.70. The van der Waals surface area contributed by atoms with Crippen molar-refractivity contribution in [2.45, 2.75) is 25.3 Å². The number of carbonyl (C=O) groups is 1. The van der Waals surface area contributed by atoms with Crippen molar-refractivity contribution in [3.63, 3.8) is 0 Å². The van der Waals surface area contributed by atoms with Crippen molar-refractivity contribution in [3.05, 3.63) is 0 Å². The van der Waals surface area contributed by atoms with Crippen molar-refractivity contribution in [1.82, 2.24) is 4.90 Å². The molecule has 2 rings (SSSR count). The van der Waals surface area contributed by atoms with E-state index >= 15 is 0 Å². The molecule has 0 aliphatic carbocycles. The summed E-state index contributed by atoms with van der Waals surface area (Å²) < 4.78 is 5.38. The number of rotatable bonds is 1. The topological polar surface area (TPSA) is 29.5 Å². The molecule has 0 aromatic rings. The van der Waals surface area contributed by atoms with E-state index in [9.17, 15) is 4.79 Å². The summed E-state index contributed by atoms with van der Waals surface area (Å²) in [5, 5.41) is 0. The zero-order chi connectivity index (χ0) is 8.39. The van der Waals surface area contributed by atoms with Crippen LogP contribution in [0, 0.1) is 0 Å². The van der Waals surface area contributed by atoms with E-state index in [1.807, 2.05) is 0 Å². The van der Waals surface area contributed by atoms with Crippen molar-refractivity contribution in [2.24, 2.45) is 0 Å². The molecule has 0 bridgehead atoms. The second kappa shape index (κ2) is 3.54. The van der Waals surface area contributed by atoms with Crippen molar-refractivity contribution < 1.29 is 9.53 Å². The Morgan fingerprint density at radius 2 is 2.42 bits per heavy atom. The first kappa shape index (κ1) is 8.20. The largest absolute Gasteiger partial charge is 0.380 e. The number of hydrogen-bond acceptors (Lipinski definition) is 3. The SMILES string of the molecule is O=C1CCN(C2CCCOC2)C1. The normalized spacial score (nSPS) is 32.7. The summed E-state index contributed by atoms with van der Waals surface area (Å²) in [6, 6.07) is 0.519. The Morgan fingerprint density at radius 1 is 1.50 bits per heavy atom. The van der Waals surface area contributed by atoms with Gasteiger partial charge in [0, 0.05) is 25.6 Å². The summed E-state index contributed by atoms with van der Waals surface area (Å²) in [5.74, 6) is 0.389. The van der Waals surface area contributed by atoms with Gasteiger partial charge in [-0.1, -0.05) is 0 Å². The third-order valence-corrected chi connectivity index (χ3v) is 2.71. The summed E-state index contributed by atoms with van der Waals surface area (Å²) in [7, 11) is 0. The Bertz CT molecular complexity index is 175. The molecular formula is C9H15NO2. The van der Waals surface area contributed by atoms with E-state index in [1.165, 1.54) is 6.42 Å². The molecule has 2 heterocycles. The summed E-state index contributed by atoms with van der Waals surface area (Å²) in [5.41, 5.74) is 0. The van der Waals surface area contributed by atoms with Gasteiger partial charge in [-0.15, -0.1) is 0 Å². The molecule has 3 heteroatoms. The van der Waals surface area contributed by atoms with Gasteiger partial charge in [-0.3, -0.25) is 9.69 Å². The highest BCUT2D eigenvalue weighted by molar-refractivity contribution is 5.82. The third kappa shape index (κ3) is 1.67. The van der Waals surface area contributed by atoms with Crippen molar-refractivity contribution in [1.29, 1.82) is 0 Å². The van der Waals surface area contributed by atoms with Gasteiger partial charge in [0.05, 0.1) is 13.2 Å². The minimum atomic E-state index is 0.389. The Hall–Kier alpha value is -0.410. The first-order valence-electron chi connectivity index (χ1n) is 4.70. The molecule has 2 saturated heterocycles. The molecule has 0 amide bonds. The minimum absolute atomic E-state index is 0.389. The highest BCUT2D eigenvalue weighted by atomic mass is 16.5. The molecule has 2 fully saturated rings. The second-order valence-corrected chi connectivity index (χ2v) is 3.63. The predicted molar refractivity (Wildman–Crippen MR) is 45.0 cm³/mol. The number of ketones is 1. The number of ether oxygens (including phenoxy) is 1. The maximum atomic E-state index is 11.0. The molecule has 12 heavy (non-hydrogen) atoms. The van der Waals surface area contributed by atoms with E-state index in [4.69, 9.17) is 4.74 Å². The standard InChI is InChI=1S/C9H15NO2/c11-9-3-4-10(6-9)8-2-1-5-12-7-8/h8H,1-7H2. The molecular weight excluding hydrogens is 154 g/mol. The fourth-order valence-corrected chi connectivity index (χ4v) is 1.98. The fraction of sp³-hybridized carbons (Fsp3) is 0.889. The van der Waals surface area contributed by atoms with E-state index in [2.05, 4.69) is 4.90 Å². The summed E-state index contributed by atoms with van der Waals surface area (Å²) >= 11 is 0. The third-order valence-electron chi connectivity index (χ3n) is 2.71. The first-order chi connectivity index (χ1) is 5.86. The molecule has 2 aliphatic heterocycles. The van der Waals surface area contributed by atoms with Gasteiger partial charge in [0.25, 0.3) is 0 Å². The van der Waals surface area contributed by atoms with E-state index < -0.39 is 0 Å². The molecule has 0 radical (unpaired) electrons. The highest BCUT2D eigenvalue weighted by Gasteiger charge is 2.27. The van der Waals surface area contributed by atoms with Gasteiger partial charge in [0.2, 0.25) is 0 Å². The van der Waals surface area contributed by atoms with Gasteiger partial charge in [-0.25, -0.2) is 0 Å². The highest BCUT2D eigenvalue weighted by Crippen LogP contribution is 2.16. The minimum Gasteiger partial charge on any atom is -0.380 e. The molecule has 3 nitrogen and oxygen atoms in total. The van der Waals surface area contributed by atoms with Crippen LogP contribution in [0.2, 0.25) is 0 Å². The van der Waals surface area contributed by atoms with Crippen LogP contribution in [0.25, 0.3) is 0 Å². The van der Waals surface area contributed by atoms with E-state index in [-0.39, 0.29) is 0 Å². The van der Waals surface area contributed by atoms with Crippen molar-refractivity contribution in [3.8, 4) is 0 Å². The molecule has 68 valence electrons. The number of nitrogens with zero attached hydrogens (tertiary/aromatic N) is 1. The molecule has 0 aromatic heterocycles. The van der Waals surface area contributed by atoms with E-state index in [1.54, 1.807) is 0 Å². The fourth-order valence-electron chi connectivity index (χ4n) is 1.98. The van der Waals surface area contributed by atoms with Crippen LogP contribution in [-0.4, -0.2) is 43.0 Å². The molecule has 1 atom stereocenters. The number of hydrogen-bond donors (Lipinski definition) is 0. The molecule has 2 aliphatic rings. The van der Waals surface area contributed by atoms with Crippen LogP contribution in [0.5, 0.6) is 0 Å². The molecule has 0 saturated carbocycles. The van der Waals surface area contributed by atoms with Crippen LogP contribution in [0.15, 0.2) is 0 Å². The maximum Gasteiger partial charge on any atom is 0.148 e. The summed E-state index contributed by atoms with van der Waals surface area (Å²) in [6.07, 6.45) is 3.10. The van der Waals surface area contributed by atoms with E-state index in [0.717, 1.165) is 32.6 Å². The average molecular weight is 169 g/mol. The predicted octanol–water partition coefficient (Wildman–Crippen LogP) is 0.440. The molecule has 0 aromatic carbocycles. The second-order valence-electron chi connectivity index (χ2n) is 3.63. The lowest BCUT2D eigenvalue weighted by Crippen LogP contribution is -2.39. The number of carbonyl (C=O) groups excluding carboxylic acids is 1. The van der Waals surface area contributed by atoms with Gasteiger partial charge in [0.1, 0.15) is 5.78 Å². The lowest BCUT2D eigenvalue weighted by atomic mass is 10.1.